The summed E-state index contributed by atoms with van der Waals surface area (Å²) in [6.45, 7) is 25.4. The maximum atomic E-state index is 2.53. The van der Waals surface area contributed by atoms with Crippen LogP contribution >= 0.6 is 11.3 Å². The second-order valence-corrected chi connectivity index (χ2v) is 17.8. The molecular formula is C45H49NS. The quantitative estimate of drug-likeness (QED) is 0.182. The van der Waals surface area contributed by atoms with Gasteiger partial charge in [0, 0.05) is 36.6 Å². The molecule has 7 rings (SSSR count). The zero-order chi connectivity index (χ0) is 33.6. The first-order valence-electron chi connectivity index (χ1n) is 17.3. The largest absolute Gasteiger partial charge is 0.309 e. The van der Waals surface area contributed by atoms with Crippen LogP contribution in [0.3, 0.4) is 0 Å². The molecule has 0 aliphatic rings. The van der Waals surface area contributed by atoms with Crippen molar-refractivity contribution < 1.29 is 0 Å². The summed E-state index contributed by atoms with van der Waals surface area (Å²) in [5.41, 5.74) is 13.6. The molecule has 0 spiro atoms. The van der Waals surface area contributed by atoms with Crippen LogP contribution in [0.4, 0.5) is 0 Å². The average Bonchev–Trinajstić information content (AvgIpc) is 3.55. The molecular weight excluding hydrogens is 587 g/mol. The standard InChI is InChI=1S/C45H49NS/c1-12-28-22-29(24-32(23-28)45(9,10)11)33-14-13-15-39-42(33)41-27(2)36(20-21-40(41)47-39)46-37-18-16-30(43(3,4)5)25-34(37)35-26-31(44(6,7)8)17-19-38(35)46/h13-26H,12H2,1-11H3. The van der Waals surface area contributed by atoms with Gasteiger partial charge < -0.3 is 4.57 Å². The fraction of sp³-hybridized carbons (Fsp3) is 0.333. The van der Waals surface area contributed by atoms with Crippen LogP contribution in [0.25, 0.3) is 58.8 Å². The third-order valence-corrected chi connectivity index (χ3v) is 11.3. The molecule has 5 aromatic carbocycles. The summed E-state index contributed by atoms with van der Waals surface area (Å²) in [7, 11) is 0. The predicted molar refractivity (Wildman–Crippen MR) is 209 cm³/mol. The van der Waals surface area contributed by atoms with E-state index in [4.69, 9.17) is 0 Å². The van der Waals surface area contributed by atoms with Gasteiger partial charge >= 0.3 is 0 Å². The smallest absolute Gasteiger partial charge is 0.0541 e. The Bertz CT molecular complexity index is 2270. The van der Waals surface area contributed by atoms with Crippen molar-refractivity contribution in [3.63, 3.8) is 0 Å². The molecule has 0 saturated carbocycles. The van der Waals surface area contributed by atoms with Crippen molar-refractivity contribution in [3.05, 3.63) is 113 Å². The average molecular weight is 636 g/mol. The van der Waals surface area contributed by atoms with Gasteiger partial charge in [-0.05, 0) is 111 Å². The van der Waals surface area contributed by atoms with Crippen molar-refractivity contribution in [1.82, 2.24) is 4.57 Å². The fourth-order valence-electron chi connectivity index (χ4n) is 7.25. The second kappa shape index (κ2) is 10.8. The molecule has 2 heterocycles. The molecule has 0 aliphatic carbocycles. The second-order valence-electron chi connectivity index (χ2n) is 16.7. The van der Waals surface area contributed by atoms with Crippen molar-refractivity contribution in [3.8, 4) is 16.8 Å². The number of hydrogen-bond acceptors (Lipinski definition) is 1. The van der Waals surface area contributed by atoms with Gasteiger partial charge in [0.15, 0.2) is 0 Å². The SMILES string of the molecule is CCc1cc(-c2cccc3sc4ccc(-n5c6ccc(C(C)(C)C)cc6c6cc(C(C)(C)C)ccc65)c(C)c4c23)cc(C(C)(C)C)c1. The Kier molecular flexibility index (Phi) is 7.30. The van der Waals surface area contributed by atoms with Gasteiger partial charge in [0.05, 0.1) is 11.0 Å². The van der Waals surface area contributed by atoms with E-state index in [-0.39, 0.29) is 16.2 Å². The third kappa shape index (κ3) is 5.30. The van der Waals surface area contributed by atoms with E-state index >= 15 is 0 Å². The summed E-state index contributed by atoms with van der Waals surface area (Å²) >= 11 is 1.92. The molecule has 0 atom stereocenters. The molecule has 2 heteroatoms. The lowest BCUT2D eigenvalue weighted by Crippen LogP contribution is -2.11. The lowest BCUT2D eigenvalue weighted by molar-refractivity contribution is 0.589. The number of benzene rings is 5. The van der Waals surface area contributed by atoms with Gasteiger partial charge in [0.25, 0.3) is 0 Å². The first-order chi connectivity index (χ1) is 22.1. The minimum absolute atomic E-state index is 0.0764. The van der Waals surface area contributed by atoms with E-state index in [2.05, 4.69) is 166 Å². The Labute approximate surface area is 285 Å². The zero-order valence-corrected chi connectivity index (χ0v) is 31.0. The van der Waals surface area contributed by atoms with Crippen LogP contribution in [-0.2, 0) is 22.7 Å². The Morgan fingerprint density at radius 2 is 1.15 bits per heavy atom. The van der Waals surface area contributed by atoms with E-state index < -0.39 is 0 Å². The van der Waals surface area contributed by atoms with Crippen LogP contribution in [0, 0.1) is 6.92 Å². The normalized spacial score (nSPS) is 13.1. The molecule has 0 aliphatic heterocycles. The molecule has 0 amide bonds. The molecule has 0 bridgehead atoms. The predicted octanol–water partition coefficient (Wildman–Crippen LogP) is 13.6. The maximum Gasteiger partial charge on any atom is 0.0541 e. The van der Waals surface area contributed by atoms with Crippen molar-refractivity contribution in [2.75, 3.05) is 0 Å². The summed E-state index contributed by atoms with van der Waals surface area (Å²) in [6, 6.07) is 33.1. The zero-order valence-electron chi connectivity index (χ0n) is 30.1. The lowest BCUT2D eigenvalue weighted by atomic mass is 9.83. The lowest BCUT2D eigenvalue weighted by Gasteiger charge is -2.22. The minimum atomic E-state index is 0.0764. The van der Waals surface area contributed by atoms with Crippen molar-refractivity contribution in [2.24, 2.45) is 0 Å². The van der Waals surface area contributed by atoms with Crippen molar-refractivity contribution >= 4 is 53.3 Å². The van der Waals surface area contributed by atoms with Gasteiger partial charge in [0.1, 0.15) is 0 Å². The highest BCUT2D eigenvalue weighted by atomic mass is 32.1. The first-order valence-corrected chi connectivity index (χ1v) is 18.1. The number of hydrogen-bond donors (Lipinski definition) is 0. The summed E-state index contributed by atoms with van der Waals surface area (Å²) in [4.78, 5) is 0. The molecule has 1 nitrogen and oxygen atoms in total. The van der Waals surface area contributed by atoms with E-state index in [1.807, 2.05) is 11.3 Å². The Hall–Kier alpha value is -3.88. The van der Waals surface area contributed by atoms with Crippen molar-refractivity contribution in [2.45, 2.75) is 98.8 Å². The summed E-state index contributed by atoms with van der Waals surface area (Å²) in [5.74, 6) is 0. The number of fused-ring (bicyclic) bond motifs is 6. The van der Waals surface area contributed by atoms with Crippen LogP contribution in [0.15, 0.2) is 84.9 Å². The highest BCUT2D eigenvalue weighted by Gasteiger charge is 2.23. The first kappa shape index (κ1) is 31.7. The Morgan fingerprint density at radius 1 is 0.574 bits per heavy atom. The monoisotopic (exact) mass is 635 g/mol. The molecule has 0 saturated heterocycles. The van der Waals surface area contributed by atoms with Gasteiger partial charge in [-0.1, -0.05) is 112 Å². The van der Waals surface area contributed by atoms with Gasteiger partial charge in [0.2, 0.25) is 0 Å². The maximum absolute atomic E-state index is 2.53. The van der Waals surface area contributed by atoms with Crippen LogP contribution in [-0.4, -0.2) is 4.57 Å². The fourth-order valence-corrected chi connectivity index (χ4v) is 8.44. The highest BCUT2D eigenvalue weighted by Crippen LogP contribution is 2.45. The summed E-state index contributed by atoms with van der Waals surface area (Å²) in [5, 5.41) is 5.43. The molecule has 2 aromatic heterocycles. The van der Waals surface area contributed by atoms with Gasteiger partial charge in [-0.15, -0.1) is 11.3 Å². The molecule has 0 radical (unpaired) electrons. The number of rotatable bonds is 3. The Morgan fingerprint density at radius 3 is 1.70 bits per heavy atom. The highest BCUT2D eigenvalue weighted by molar-refractivity contribution is 7.26. The van der Waals surface area contributed by atoms with E-state index in [0.29, 0.717) is 0 Å². The molecule has 240 valence electrons. The van der Waals surface area contributed by atoms with Crippen LogP contribution in [0.1, 0.15) is 97.1 Å². The number of nitrogens with zero attached hydrogens (tertiary/aromatic N) is 1. The molecule has 7 aromatic rings. The minimum Gasteiger partial charge on any atom is -0.309 e. The van der Waals surface area contributed by atoms with Crippen LogP contribution in [0.2, 0.25) is 0 Å². The number of aromatic nitrogens is 1. The molecule has 0 N–H and O–H groups in total. The van der Waals surface area contributed by atoms with E-state index in [1.165, 1.54) is 86.6 Å². The van der Waals surface area contributed by atoms with E-state index in [0.717, 1.165) is 6.42 Å². The number of thiophene rings is 1. The van der Waals surface area contributed by atoms with Crippen LogP contribution in [0.5, 0.6) is 0 Å². The van der Waals surface area contributed by atoms with Crippen LogP contribution < -0.4 is 0 Å². The summed E-state index contributed by atoms with van der Waals surface area (Å²) in [6.07, 6.45) is 1.03. The van der Waals surface area contributed by atoms with Gasteiger partial charge in [-0.2, -0.15) is 0 Å². The molecule has 0 fully saturated rings. The molecule has 0 unspecified atom stereocenters. The van der Waals surface area contributed by atoms with Gasteiger partial charge in [-0.3, -0.25) is 0 Å². The van der Waals surface area contributed by atoms with E-state index in [9.17, 15) is 0 Å². The molecule has 47 heavy (non-hydrogen) atoms. The van der Waals surface area contributed by atoms with Crippen molar-refractivity contribution in [1.29, 1.82) is 0 Å². The topological polar surface area (TPSA) is 4.93 Å². The Balaban J connectivity index is 1.55. The number of aryl methyl sites for hydroxylation is 2. The summed E-state index contributed by atoms with van der Waals surface area (Å²) < 4.78 is 5.23. The van der Waals surface area contributed by atoms with Gasteiger partial charge in [-0.25, -0.2) is 0 Å². The van der Waals surface area contributed by atoms with E-state index in [1.54, 1.807) is 0 Å². The third-order valence-electron chi connectivity index (χ3n) is 10.2.